The highest BCUT2D eigenvalue weighted by Gasteiger charge is 2.66. The molecule has 2 aromatic rings. The van der Waals surface area contributed by atoms with Crippen molar-refractivity contribution in [2.45, 2.75) is 31.6 Å². The first kappa shape index (κ1) is 9.38. The minimum Gasteiger partial charge on any atom is -0.0620 e. The molecule has 3 aliphatic rings. The fraction of sp³-hybridized carbons (Fsp3) is 0.333. The van der Waals surface area contributed by atoms with Crippen molar-refractivity contribution >= 4 is 0 Å². The zero-order valence-corrected chi connectivity index (χ0v) is 10.8. The number of hydrogen-bond acceptors (Lipinski definition) is 0. The molecule has 4 unspecified atom stereocenters. The summed E-state index contributed by atoms with van der Waals surface area (Å²) in [6, 6.07) is 14.1. The molecule has 88 valence electrons. The van der Waals surface area contributed by atoms with Crippen molar-refractivity contribution < 1.29 is 0 Å². The van der Waals surface area contributed by atoms with Gasteiger partial charge in [-0.15, -0.1) is 0 Å². The van der Waals surface area contributed by atoms with Gasteiger partial charge in [0.05, 0.1) is 0 Å². The second kappa shape index (κ2) is 2.71. The van der Waals surface area contributed by atoms with Gasteiger partial charge >= 0.3 is 0 Å². The van der Waals surface area contributed by atoms with Crippen LogP contribution in [0.15, 0.2) is 36.4 Å². The molecular formula is C18H16. The second-order valence-electron chi connectivity index (χ2n) is 6.30. The van der Waals surface area contributed by atoms with Gasteiger partial charge in [0, 0.05) is 5.92 Å². The van der Waals surface area contributed by atoms with Crippen LogP contribution in [0.2, 0.25) is 0 Å². The van der Waals surface area contributed by atoms with Crippen molar-refractivity contribution in [3.8, 4) is 0 Å². The zero-order valence-electron chi connectivity index (χ0n) is 10.8. The average Bonchev–Trinajstić information content (AvgIpc) is 2.92. The topological polar surface area (TPSA) is 0 Å². The van der Waals surface area contributed by atoms with Crippen molar-refractivity contribution in [3.63, 3.8) is 0 Å². The molecule has 0 N–H and O–H groups in total. The second-order valence-corrected chi connectivity index (χ2v) is 6.30. The van der Waals surface area contributed by atoms with Crippen molar-refractivity contribution in [3.05, 3.63) is 69.8 Å². The van der Waals surface area contributed by atoms with Crippen LogP contribution in [-0.2, 0) is 0 Å². The smallest absolute Gasteiger partial charge is 0.0135 e. The first-order chi connectivity index (χ1) is 8.77. The summed E-state index contributed by atoms with van der Waals surface area (Å²) in [7, 11) is 0. The maximum atomic E-state index is 2.47. The van der Waals surface area contributed by atoms with E-state index >= 15 is 0 Å². The Bertz CT molecular complexity index is 695. The molecule has 0 aromatic heterocycles. The van der Waals surface area contributed by atoms with Crippen molar-refractivity contribution in [1.82, 2.24) is 0 Å². The lowest BCUT2D eigenvalue weighted by atomic mass is 9.91. The number of fused-ring (bicyclic) bond motifs is 7. The van der Waals surface area contributed by atoms with Crippen LogP contribution in [-0.4, -0.2) is 0 Å². The Kier molecular flexibility index (Phi) is 1.41. The summed E-state index contributed by atoms with van der Waals surface area (Å²) in [5.74, 6) is 3.31. The normalized spacial score (nSPS) is 33.0. The van der Waals surface area contributed by atoms with Crippen LogP contribution in [0.25, 0.3) is 0 Å². The number of benzene rings is 2. The first-order valence-electron chi connectivity index (χ1n) is 6.97. The maximum absolute atomic E-state index is 2.47. The Labute approximate surface area is 108 Å². The van der Waals surface area contributed by atoms with Gasteiger partial charge in [-0.25, -0.2) is 0 Å². The molecular weight excluding hydrogens is 216 g/mol. The lowest BCUT2D eigenvalue weighted by molar-refractivity contribution is 0.750. The van der Waals surface area contributed by atoms with Crippen molar-refractivity contribution in [1.29, 1.82) is 0 Å². The van der Waals surface area contributed by atoms with Crippen LogP contribution in [0.3, 0.4) is 0 Å². The van der Waals surface area contributed by atoms with Gasteiger partial charge in [-0.2, -0.15) is 0 Å². The van der Waals surface area contributed by atoms with Gasteiger partial charge in [-0.05, 0) is 65.0 Å². The van der Waals surface area contributed by atoms with Gasteiger partial charge in [0.1, 0.15) is 0 Å². The van der Waals surface area contributed by atoms with E-state index < -0.39 is 0 Å². The molecule has 2 aromatic carbocycles. The highest BCUT2D eigenvalue weighted by Crippen LogP contribution is 2.77. The van der Waals surface area contributed by atoms with E-state index in [9.17, 15) is 0 Å². The molecule has 0 aliphatic heterocycles. The molecule has 0 saturated heterocycles. The lowest BCUT2D eigenvalue weighted by Gasteiger charge is -2.13. The minimum absolute atomic E-state index is 0.713. The molecule has 1 fully saturated rings. The number of rotatable bonds is 0. The highest BCUT2D eigenvalue weighted by molar-refractivity contribution is 5.65. The largest absolute Gasteiger partial charge is 0.0620 e. The monoisotopic (exact) mass is 232 g/mol. The summed E-state index contributed by atoms with van der Waals surface area (Å²) >= 11 is 0. The summed E-state index contributed by atoms with van der Waals surface area (Å²) < 4.78 is 0. The van der Waals surface area contributed by atoms with E-state index in [1.165, 1.54) is 11.1 Å². The van der Waals surface area contributed by atoms with Gasteiger partial charge in [-0.3, -0.25) is 0 Å². The summed E-state index contributed by atoms with van der Waals surface area (Å²) in [5, 5.41) is 0. The van der Waals surface area contributed by atoms with Crippen LogP contribution >= 0.6 is 0 Å². The van der Waals surface area contributed by atoms with Gasteiger partial charge in [-0.1, -0.05) is 36.4 Å². The van der Waals surface area contributed by atoms with E-state index in [4.69, 9.17) is 0 Å². The minimum atomic E-state index is 0.713. The first-order valence-corrected chi connectivity index (χ1v) is 6.97. The molecule has 0 radical (unpaired) electrons. The zero-order chi connectivity index (χ0) is 12.0. The van der Waals surface area contributed by atoms with Gasteiger partial charge in [0.25, 0.3) is 0 Å². The van der Waals surface area contributed by atoms with Gasteiger partial charge in [0.2, 0.25) is 0 Å². The van der Waals surface area contributed by atoms with E-state index in [0.717, 1.165) is 17.8 Å². The van der Waals surface area contributed by atoms with E-state index in [1.807, 2.05) is 0 Å². The van der Waals surface area contributed by atoms with E-state index in [0.29, 0.717) is 5.92 Å². The Morgan fingerprint density at radius 2 is 1.33 bits per heavy atom. The molecule has 18 heavy (non-hydrogen) atoms. The number of aryl methyl sites for hydroxylation is 2. The van der Waals surface area contributed by atoms with Gasteiger partial charge in [0.15, 0.2) is 0 Å². The van der Waals surface area contributed by atoms with Crippen molar-refractivity contribution in [2.75, 3.05) is 0 Å². The Morgan fingerprint density at radius 1 is 0.722 bits per heavy atom. The van der Waals surface area contributed by atoms with Crippen LogP contribution in [0.1, 0.15) is 51.1 Å². The third-order valence-electron chi connectivity index (χ3n) is 5.54. The fourth-order valence-corrected chi connectivity index (χ4v) is 4.65. The quantitative estimate of drug-likeness (QED) is 0.636. The summed E-state index contributed by atoms with van der Waals surface area (Å²) in [5.41, 5.74) is 9.47. The molecule has 0 spiro atoms. The third-order valence-corrected chi connectivity index (χ3v) is 5.54. The predicted molar refractivity (Wildman–Crippen MR) is 73.2 cm³/mol. The summed E-state index contributed by atoms with van der Waals surface area (Å²) in [4.78, 5) is 0. The molecule has 1 saturated carbocycles. The van der Waals surface area contributed by atoms with Gasteiger partial charge < -0.3 is 0 Å². The highest BCUT2D eigenvalue weighted by atomic mass is 14.7. The summed E-state index contributed by atoms with van der Waals surface area (Å²) in [6.07, 6.45) is 0. The van der Waals surface area contributed by atoms with E-state index in [2.05, 4.69) is 50.2 Å². The van der Waals surface area contributed by atoms with E-state index in [1.54, 1.807) is 22.3 Å². The molecule has 0 nitrogen and oxygen atoms in total. The predicted octanol–water partition coefficient (Wildman–Crippen LogP) is 4.26. The van der Waals surface area contributed by atoms with Crippen LogP contribution in [0, 0.1) is 19.8 Å². The molecule has 4 atom stereocenters. The van der Waals surface area contributed by atoms with E-state index in [-0.39, 0.29) is 0 Å². The Morgan fingerprint density at radius 3 is 2.11 bits per heavy atom. The molecule has 0 bridgehead atoms. The molecule has 0 heteroatoms. The van der Waals surface area contributed by atoms with Crippen LogP contribution in [0.5, 0.6) is 0 Å². The van der Waals surface area contributed by atoms with Crippen LogP contribution < -0.4 is 0 Å². The number of hydrogen-bond donors (Lipinski definition) is 0. The molecule has 0 amide bonds. The lowest BCUT2D eigenvalue weighted by Crippen LogP contribution is -1.98. The molecule has 3 aliphatic carbocycles. The fourth-order valence-electron chi connectivity index (χ4n) is 4.65. The maximum Gasteiger partial charge on any atom is 0.0135 e. The molecule has 0 heterocycles. The average molecular weight is 232 g/mol. The Hall–Kier alpha value is -1.56. The van der Waals surface area contributed by atoms with Crippen LogP contribution in [0.4, 0.5) is 0 Å². The Balaban J connectivity index is 1.81. The molecule has 5 rings (SSSR count). The van der Waals surface area contributed by atoms with Crippen molar-refractivity contribution in [2.24, 2.45) is 5.92 Å². The SMILES string of the molecule is Cc1cc2c(cc1C)C1C3c4ccccc4C2C31. The third kappa shape index (κ3) is 0.849. The summed E-state index contributed by atoms with van der Waals surface area (Å²) in [6.45, 7) is 4.50. The standard InChI is InChI=1S/C18H16/c1-9-7-13-14(8-10(9)2)17-16-12-6-4-3-5-11(12)15(13)18(16)17/h3-8,15-18H,1-2H3.